The lowest BCUT2D eigenvalue weighted by atomic mass is 10.1. The second kappa shape index (κ2) is 7.87. The van der Waals surface area contributed by atoms with Crippen LogP contribution in [0.15, 0.2) is 18.2 Å². The van der Waals surface area contributed by atoms with Gasteiger partial charge >= 0.3 is 5.97 Å². The minimum absolute atomic E-state index is 0.0426. The van der Waals surface area contributed by atoms with E-state index in [4.69, 9.17) is 16.7 Å². The number of carbonyl (C=O) groups excluding carboxylic acids is 1. The van der Waals surface area contributed by atoms with Crippen LogP contribution >= 0.6 is 11.6 Å². The number of hydrogen-bond acceptors (Lipinski definition) is 3. The molecule has 1 aromatic carbocycles. The summed E-state index contributed by atoms with van der Waals surface area (Å²) in [6.45, 7) is 3.69. The van der Waals surface area contributed by atoms with Crippen LogP contribution in [0.4, 0.5) is 5.69 Å². The number of amides is 1. The van der Waals surface area contributed by atoms with Crippen molar-refractivity contribution in [2.45, 2.75) is 32.7 Å². The minimum atomic E-state index is -0.942. The summed E-state index contributed by atoms with van der Waals surface area (Å²) < 4.78 is 0. The Morgan fingerprint density at radius 1 is 1.40 bits per heavy atom. The molecule has 3 N–H and O–H groups in total. The van der Waals surface area contributed by atoms with Gasteiger partial charge in [0.1, 0.15) is 6.04 Å². The third-order valence-electron chi connectivity index (χ3n) is 2.85. The van der Waals surface area contributed by atoms with Gasteiger partial charge in [-0.1, -0.05) is 24.9 Å². The molecule has 1 rings (SSSR count). The summed E-state index contributed by atoms with van der Waals surface area (Å²) in [6, 6.07) is 4.46. The van der Waals surface area contributed by atoms with Crippen LogP contribution in [0.5, 0.6) is 0 Å². The smallest absolute Gasteiger partial charge is 0.320 e. The third kappa shape index (κ3) is 5.19. The number of halogens is 1. The molecule has 0 aliphatic heterocycles. The molecule has 0 radical (unpaired) electrons. The summed E-state index contributed by atoms with van der Waals surface area (Å²) in [6.07, 6.45) is 1.23. The maximum atomic E-state index is 11.8. The molecule has 110 valence electrons. The molecule has 0 heterocycles. The van der Waals surface area contributed by atoms with Crippen LogP contribution in [-0.4, -0.2) is 29.6 Å². The highest BCUT2D eigenvalue weighted by Gasteiger charge is 2.16. The number of carbonyl (C=O) groups is 2. The Kier molecular flexibility index (Phi) is 6.48. The molecule has 1 amide bonds. The van der Waals surface area contributed by atoms with E-state index in [2.05, 4.69) is 10.6 Å². The van der Waals surface area contributed by atoms with Crippen molar-refractivity contribution in [3.05, 3.63) is 28.8 Å². The van der Waals surface area contributed by atoms with E-state index in [1.807, 2.05) is 13.8 Å². The fourth-order valence-electron chi connectivity index (χ4n) is 1.78. The Hall–Kier alpha value is -1.59. The van der Waals surface area contributed by atoms with E-state index < -0.39 is 12.0 Å². The van der Waals surface area contributed by atoms with Gasteiger partial charge in [-0.05, 0) is 37.1 Å². The van der Waals surface area contributed by atoms with Crippen LogP contribution in [0.25, 0.3) is 0 Å². The topological polar surface area (TPSA) is 78.4 Å². The van der Waals surface area contributed by atoms with E-state index in [1.165, 1.54) is 0 Å². The molecule has 0 aliphatic rings. The second-order valence-electron chi connectivity index (χ2n) is 4.57. The maximum absolute atomic E-state index is 11.8. The molecule has 0 bridgehead atoms. The standard InChI is InChI=1S/C14H19ClN2O3/c1-3-4-12(14(19)20)16-8-13(18)17-11-6-5-10(15)7-9(11)2/h5-7,12,16H,3-4,8H2,1-2H3,(H,17,18)(H,19,20). The van der Waals surface area contributed by atoms with E-state index in [9.17, 15) is 9.59 Å². The highest BCUT2D eigenvalue weighted by Crippen LogP contribution is 2.19. The molecule has 1 aromatic rings. The van der Waals surface area contributed by atoms with Gasteiger partial charge in [0.05, 0.1) is 6.54 Å². The Morgan fingerprint density at radius 2 is 2.10 bits per heavy atom. The van der Waals surface area contributed by atoms with Gasteiger partial charge in [-0.25, -0.2) is 0 Å². The monoisotopic (exact) mass is 298 g/mol. The molecular weight excluding hydrogens is 280 g/mol. The average molecular weight is 299 g/mol. The lowest BCUT2D eigenvalue weighted by Gasteiger charge is -2.14. The van der Waals surface area contributed by atoms with Crippen molar-refractivity contribution in [1.82, 2.24) is 5.32 Å². The molecule has 0 spiro atoms. The molecule has 1 atom stereocenters. The number of nitrogens with one attached hydrogen (secondary N) is 2. The number of benzene rings is 1. The number of aliphatic carboxylic acids is 1. The van der Waals surface area contributed by atoms with E-state index in [1.54, 1.807) is 18.2 Å². The van der Waals surface area contributed by atoms with Gasteiger partial charge in [-0.2, -0.15) is 0 Å². The number of aryl methyl sites for hydroxylation is 1. The van der Waals surface area contributed by atoms with Gasteiger partial charge in [0.25, 0.3) is 0 Å². The van der Waals surface area contributed by atoms with E-state index in [-0.39, 0.29) is 12.5 Å². The molecule has 6 heteroatoms. The number of rotatable bonds is 7. The van der Waals surface area contributed by atoms with Crippen molar-refractivity contribution in [1.29, 1.82) is 0 Å². The molecule has 1 unspecified atom stereocenters. The Bertz CT molecular complexity index is 491. The van der Waals surface area contributed by atoms with Crippen molar-refractivity contribution < 1.29 is 14.7 Å². The predicted octanol–water partition coefficient (Wildman–Crippen LogP) is 2.43. The van der Waals surface area contributed by atoms with Gasteiger partial charge < -0.3 is 10.4 Å². The summed E-state index contributed by atoms with van der Waals surface area (Å²) >= 11 is 5.84. The van der Waals surface area contributed by atoms with E-state index in [0.29, 0.717) is 17.1 Å². The summed E-state index contributed by atoms with van der Waals surface area (Å²) in [5.41, 5.74) is 1.53. The highest BCUT2D eigenvalue weighted by molar-refractivity contribution is 6.30. The highest BCUT2D eigenvalue weighted by atomic mass is 35.5. The second-order valence-corrected chi connectivity index (χ2v) is 5.00. The van der Waals surface area contributed by atoms with Crippen molar-refractivity contribution in [2.24, 2.45) is 0 Å². The molecular formula is C14H19ClN2O3. The molecule has 0 fully saturated rings. The first kappa shape index (κ1) is 16.5. The quantitative estimate of drug-likeness (QED) is 0.722. The van der Waals surface area contributed by atoms with Crippen molar-refractivity contribution in [3.8, 4) is 0 Å². The van der Waals surface area contributed by atoms with Crippen LogP contribution in [0.3, 0.4) is 0 Å². The zero-order chi connectivity index (χ0) is 15.1. The number of carboxylic acids is 1. The van der Waals surface area contributed by atoms with Gasteiger partial charge in [0.2, 0.25) is 5.91 Å². The van der Waals surface area contributed by atoms with Crippen molar-refractivity contribution in [2.75, 3.05) is 11.9 Å². The summed E-state index contributed by atoms with van der Waals surface area (Å²) in [4.78, 5) is 22.7. The molecule has 0 aromatic heterocycles. The van der Waals surface area contributed by atoms with Gasteiger partial charge in [0, 0.05) is 10.7 Å². The zero-order valence-corrected chi connectivity index (χ0v) is 12.3. The zero-order valence-electron chi connectivity index (χ0n) is 11.6. The summed E-state index contributed by atoms with van der Waals surface area (Å²) in [7, 11) is 0. The van der Waals surface area contributed by atoms with Gasteiger partial charge in [0.15, 0.2) is 0 Å². The van der Waals surface area contributed by atoms with Crippen LogP contribution < -0.4 is 10.6 Å². The lowest BCUT2D eigenvalue weighted by molar-refractivity contribution is -0.139. The Morgan fingerprint density at radius 3 is 2.65 bits per heavy atom. The first-order valence-corrected chi connectivity index (χ1v) is 6.84. The van der Waals surface area contributed by atoms with Gasteiger partial charge in [-0.3, -0.25) is 14.9 Å². The molecule has 5 nitrogen and oxygen atoms in total. The Balaban J connectivity index is 2.53. The number of hydrogen-bond donors (Lipinski definition) is 3. The normalized spacial score (nSPS) is 11.9. The van der Waals surface area contributed by atoms with Gasteiger partial charge in [-0.15, -0.1) is 0 Å². The third-order valence-corrected chi connectivity index (χ3v) is 3.08. The minimum Gasteiger partial charge on any atom is -0.480 e. The first-order valence-electron chi connectivity index (χ1n) is 6.46. The SMILES string of the molecule is CCCC(NCC(=O)Nc1ccc(Cl)cc1C)C(=O)O. The summed E-state index contributed by atoms with van der Waals surface area (Å²) in [5, 5.41) is 15.0. The van der Waals surface area contributed by atoms with Crippen LogP contribution in [-0.2, 0) is 9.59 Å². The average Bonchev–Trinajstić information content (AvgIpc) is 2.37. The summed E-state index contributed by atoms with van der Waals surface area (Å²) in [5.74, 6) is -1.22. The molecule has 0 saturated carbocycles. The fourth-order valence-corrected chi connectivity index (χ4v) is 2.01. The largest absolute Gasteiger partial charge is 0.480 e. The predicted molar refractivity (Wildman–Crippen MR) is 79.2 cm³/mol. The fraction of sp³-hybridized carbons (Fsp3) is 0.429. The maximum Gasteiger partial charge on any atom is 0.320 e. The van der Waals surface area contributed by atoms with E-state index in [0.717, 1.165) is 12.0 Å². The number of anilines is 1. The molecule has 0 saturated heterocycles. The van der Waals surface area contributed by atoms with Crippen LogP contribution in [0, 0.1) is 6.92 Å². The molecule has 20 heavy (non-hydrogen) atoms. The molecule has 0 aliphatic carbocycles. The van der Waals surface area contributed by atoms with Crippen molar-refractivity contribution >= 4 is 29.2 Å². The van der Waals surface area contributed by atoms with Crippen LogP contribution in [0.2, 0.25) is 5.02 Å². The van der Waals surface area contributed by atoms with Crippen molar-refractivity contribution in [3.63, 3.8) is 0 Å². The Labute approximate surface area is 123 Å². The lowest BCUT2D eigenvalue weighted by Crippen LogP contribution is -2.41. The number of carboxylic acid groups (broad SMARTS) is 1. The van der Waals surface area contributed by atoms with E-state index >= 15 is 0 Å². The first-order chi connectivity index (χ1) is 9.43. The van der Waals surface area contributed by atoms with Crippen LogP contribution in [0.1, 0.15) is 25.3 Å².